The van der Waals surface area contributed by atoms with Crippen molar-refractivity contribution in [3.05, 3.63) is 63.9 Å². The van der Waals surface area contributed by atoms with E-state index in [9.17, 15) is 10.1 Å². The number of fused-ring (bicyclic) bond motifs is 1. The van der Waals surface area contributed by atoms with Crippen LogP contribution < -0.4 is 0 Å². The third-order valence-corrected chi connectivity index (χ3v) is 3.11. The summed E-state index contributed by atoms with van der Waals surface area (Å²) in [6.45, 7) is 0. The van der Waals surface area contributed by atoms with Gasteiger partial charge in [0.15, 0.2) is 5.69 Å². The van der Waals surface area contributed by atoms with E-state index >= 15 is 0 Å². The highest BCUT2D eigenvalue weighted by molar-refractivity contribution is 6.29. The van der Waals surface area contributed by atoms with Crippen LogP contribution in [-0.4, -0.2) is 14.9 Å². The molecule has 0 fully saturated rings. The van der Waals surface area contributed by atoms with E-state index in [1.54, 1.807) is 6.20 Å². The van der Waals surface area contributed by atoms with E-state index in [1.807, 2.05) is 30.3 Å². The van der Waals surface area contributed by atoms with Gasteiger partial charge >= 0.3 is 0 Å². The molecule has 0 atom stereocenters. The molecule has 0 saturated heterocycles. The van der Waals surface area contributed by atoms with E-state index in [0.29, 0.717) is 5.56 Å². The lowest BCUT2D eigenvalue weighted by molar-refractivity contribution is -0.384. The predicted molar refractivity (Wildman–Crippen MR) is 76.6 cm³/mol. The van der Waals surface area contributed by atoms with Crippen molar-refractivity contribution >= 4 is 28.2 Å². The molecule has 98 valence electrons. The molecule has 0 radical (unpaired) electrons. The Labute approximate surface area is 119 Å². The maximum Gasteiger partial charge on any atom is 0.295 e. The van der Waals surface area contributed by atoms with E-state index in [0.717, 1.165) is 10.9 Å². The normalized spacial score (nSPS) is 10.7. The number of hydrogen-bond donors (Lipinski definition) is 0. The molecule has 0 unspecified atom stereocenters. The molecule has 6 heteroatoms. The number of halogens is 1. The fourth-order valence-electron chi connectivity index (χ4n) is 1.99. The van der Waals surface area contributed by atoms with Crippen LogP contribution in [0.25, 0.3) is 22.2 Å². The fraction of sp³-hybridized carbons (Fsp3) is 0. The van der Waals surface area contributed by atoms with Crippen LogP contribution in [-0.2, 0) is 0 Å². The van der Waals surface area contributed by atoms with Crippen molar-refractivity contribution < 1.29 is 4.92 Å². The Hall–Kier alpha value is -2.53. The van der Waals surface area contributed by atoms with Gasteiger partial charge in [-0.1, -0.05) is 29.8 Å². The molecule has 5 nitrogen and oxygen atoms in total. The molecule has 0 saturated carbocycles. The summed E-state index contributed by atoms with van der Waals surface area (Å²) in [5.41, 5.74) is 1.52. The van der Waals surface area contributed by atoms with Gasteiger partial charge in [0, 0.05) is 23.2 Å². The Bertz CT molecular complexity index is 820. The van der Waals surface area contributed by atoms with Gasteiger partial charge in [-0.05, 0) is 18.2 Å². The largest absolute Gasteiger partial charge is 0.295 e. The van der Waals surface area contributed by atoms with E-state index in [1.165, 1.54) is 12.1 Å². The van der Waals surface area contributed by atoms with Crippen LogP contribution >= 0.6 is 11.6 Å². The zero-order valence-corrected chi connectivity index (χ0v) is 10.9. The van der Waals surface area contributed by atoms with E-state index in [4.69, 9.17) is 11.6 Å². The number of nitro groups is 1. The molecule has 2 heterocycles. The van der Waals surface area contributed by atoms with Crippen LogP contribution in [0.15, 0.2) is 48.7 Å². The first kappa shape index (κ1) is 12.5. The van der Waals surface area contributed by atoms with Crippen molar-refractivity contribution in [2.45, 2.75) is 0 Å². The second kappa shape index (κ2) is 4.86. The summed E-state index contributed by atoms with van der Waals surface area (Å²) >= 11 is 5.84. The number of para-hydroxylation sites is 1. The Balaban J connectivity index is 2.24. The van der Waals surface area contributed by atoms with Gasteiger partial charge in [0.05, 0.1) is 10.4 Å². The summed E-state index contributed by atoms with van der Waals surface area (Å²) in [5, 5.41) is 12.2. The maximum absolute atomic E-state index is 11.1. The second-order valence-electron chi connectivity index (χ2n) is 4.18. The summed E-state index contributed by atoms with van der Waals surface area (Å²) in [6, 6.07) is 12.1. The highest BCUT2D eigenvalue weighted by Gasteiger charge is 2.18. The summed E-state index contributed by atoms with van der Waals surface area (Å²) < 4.78 is 0. The average Bonchev–Trinajstić information content (AvgIpc) is 2.46. The summed E-state index contributed by atoms with van der Waals surface area (Å²) in [6.07, 6.45) is 1.56. The molecule has 0 aliphatic carbocycles. The predicted octanol–water partition coefficient (Wildman–Crippen LogP) is 3.86. The van der Waals surface area contributed by atoms with Gasteiger partial charge in [0.1, 0.15) is 5.15 Å². The van der Waals surface area contributed by atoms with Crippen LogP contribution in [0.1, 0.15) is 0 Å². The maximum atomic E-state index is 11.1. The minimum atomic E-state index is -0.478. The molecule has 0 aliphatic heterocycles. The van der Waals surface area contributed by atoms with Crippen molar-refractivity contribution in [2.75, 3.05) is 0 Å². The van der Waals surface area contributed by atoms with E-state index in [-0.39, 0.29) is 16.5 Å². The van der Waals surface area contributed by atoms with Crippen molar-refractivity contribution in [3.63, 3.8) is 0 Å². The molecular weight excluding hydrogens is 278 g/mol. The minimum absolute atomic E-state index is 0.0912. The first-order chi connectivity index (χ1) is 9.65. The summed E-state index contributed by atoms with van der Waals surface area (Å²) in [7, 11) is 0. The standard InChI is InChI=1S/C14H8ClN3O2/c15-13-6-5-12(18(19)20)14(17-13)10-7-9-3-1-2-4-11(9)16-8-10/h1-8H. The van der Waals surface area contributed by atoms with Gasteiger partial charge in [-0.25, -0.2) is 4.98 Å². The van der Waals surface area contributed by atoms with Crippen LogP contribution in [0.3, 0.4) is 0 Å². The molecule has 1 aromatic carbocycles. The van der Waals surface area contributed by atoms with Crippen LogP contribution in [0.2, 0.25) is 5.15 Å². The van der Waals surface area contributed by atoms with Gasteiger partial charge in [-0.3, -0.25) is 15.1 Å². The number of nitrogens with zero attached hydrogens (tertiary/aromatic N) is 3. The SMILES string of the molecule is O=[N+]([O-])c1ccc(Cl)nc1-c1cnc2ccccc2c1. The average molecular weight is 286 g/mol. The monoisotopic (exact) mass is 285 g/mol. The molecule has 0 spiro atoms. The molecule has 0 N–H and O–H groups in total. The highest BCUT2D eigenvalue weighted by atomic mass is 35.5. The Morgan fingerprint density at radius 2 is 1.95 bits per heavy atom. The number of aromatic nitrogens is 2. The fourth-order valence-corrected chi connectivity index (χ4v) is 2.14. The van der Waals surface area contributed by atoms with Crippen LogP contribution in [0.5, 0.6) is 0 Å². The quantitative estimate of drug-likeness (QED) is 0.407. The lowest BCUT2D eigenvalue weighted by Gasteiger charge is -2.04. The summed E-state index contributed by atoms with van der Waals surface area (Å²) in [5.74, 6) is 0. The van der Waals surface area contributed by atoms with Crippen molar-refractivity contribution in [1.29, 1.82) is 0 Å². The van der Waals surface area contributed by atoms with E-state index < -0.39 is 4.92 Å². The van der Waals surface area contributed by atoms with Gasteiger partial charge in [-0.15, -0.1) is 0 Å². The lowest BCUT2D eigenvalue weighted by atomic mass is 10.1. The van der Waals surface area contributed by atoms with Gasteiger partial charge < -0.3 is 0 Å². The molecular formula is C14H8ClN3O2. The lowest BCUT2D eigenvalue weighted by Crippen LogP contribution is -1.95. The second-order valence-corrected chi connectivity index (χ2v) is 4.56. The number of pyridine rings is 2. The Kier molecular flexibility index (Phi) is 3.04. The van der Waals surface area contributed by atoms with Gasteiger partial charge in [0.2, 0.25) is 0 Å². The molecule has 20 heavy (non-hydrogen) atoms. The molecule has 0 amide bonds. The molecule has 0 bridgehead atoms. The molecule has 0 aliphatic rings. The number of rotatable bonds is 2. The Morgan fingerprint density at radius 3 is 2.75 bits per heavy atom. The first-order valence-corrected chi connectivity index (χ1v) is 6.19. The highest BCUT2D eigenvalue weighted by Crippen LogP contribution is 2.30. The van der Waals surface area contributed by atoms with Crippen molar-refractivity contribution in [3.8, 4) is 11.3 Å². The smallest absolute Gasteiger partial charge is 0.258 e. The number of benzene rings is 1. The number of hydrogen-bond acceptors (Lipinski definition) is 4. The van der Waals surface area contributed by atoms with Crippen LogP contribution in [0, 0.1) is 10.1 Å². The Morgan fingerprint density at radius 1 is 1.15 bits per heavy atom. The third kappa shape index (κ3) is 2.19. The first-order valence-electron chi connectivity index (χ1n) is 5.81. The van der Waals surface area contributed by atoms with Crippen molar-refractivity contribution in [2.24, 2.45) is 0 Å². The topological polar surface area (TPSA) is 68.9 Å². The zero-order valence-electron chi connectivity index (χ0n) is 10.2. The molecule has 3 aromatic rings. The van der Waals surface area contributed by atoms with Crippen LogP contribution in [0.4, 0.5) is 5.69 Å². The summed E-state index contributed by atoms with van der Waals surface area (Å²) in [4.78, 5) is 18.9. The molecule has 3 rings (SSSR count). The van der Waals surface area contributed by atoms with Crippen molar-refractivity contribution in [1.82, 2.24) is 9.97 Å². The van der Waals surface area contributed by atoms with Gasteiger partial charge in [-0.2, -0.15) is 0 Å². The zero-order chi connectivity index (χ0) is 14.1. The third-order valence-electron chi connectivity index (χ3n) is 2.90. The van der Waals surface area contributed by atoms with E-state index in [2.05, 4.69) is 9.97 Å². The minimum Gasteiger partial charge on any atom is -0.258 e. The molecule has 2 aromatic heterocycles. The van der Waals surface area contributed by atoms with Gasteiger partial charge in [0.25, 0.3) is 5.69 Å².